The second-order valence-corrected chi connectivity index (χ2v) is 8.22. The zero-order valence-corrected chi connectivity index (χ0v) is 17.8. The average molecular weight is 396 g/mol. The normalized spacial score (nSPS) is 11.6. The van der Waals surface area contributed by atoms with Gasteiger partial charge in [0.2, 0.25) is 5.78 Å². The van der Waals surface area contributed by atoms with Crippen LogP contribution in [0.4, 0.5) is 0 Å². The van der Waals surface area contributed by atoms with E-state index >= 15 is 0 Å². The van der Waals surface area contributed by atoms with Gasteiger partial charge in [-0.25, -0.2) is 4.98 Å². The SMILES string of the molecule is Cc1cc2[nH]cc(C(=O)c3ncc(-c4c[nH]c5cc(C)c(C)cc45)n3C)c2cc1C. The summed E-state index contributed by atoms with van der Waals surface area (Å²) in [4.78, 5) is 24.5. The van der Waals surface area contributed by atoms with Gasteiger partial charge in [-0.05, 0) is 74.2 Å². The van der Waals surface area contributed by atoms with Crippen LogP contribution >= 0.6 is 0 Å². The molecule has 150 valence electrons. The van der Waals surface area contributed by atoms with Crippen molar-refractivity contribution >= 4 is 27.6 Å². The van der Waals surface area contributed by atoms with Gasteiger partial charge in [0, 0.05) is 46.8 Å². The fourth-order valence-corrected chi connectivity index (χ4v) is 4.16. The number of carbonyl (C=O) groups excluding carboxylic acids is 1. The first-order valence-electron chi connectivity index (χ1n) is 10.1. The number of aromatic amines is 2. The van der Waals surface area contributed by atoms with Crippen molar-refractivity contribution in [1.29, 1.82) is 0 Å². The number of fused-ring (bicyclic) bond motifs is 2. The maximum atomic E-state index is 13.4. The maximum Gasteiger partial charge on any atom is 0.230 e. The number of aryl methyl sites for hydroxylation is 4. The lowest BCUT2D eigenvalue weighted by molar-refractivity contribution is 0.102. The fraction of sp³-hybridized carbons (Fsp3) is 0.200. The molecule has 0 unspecified atom stereocenters. The molecule has 2 aromatic carbocycles. The summed E-state index contributed by atoms with van der Waals surface area (Å²) in [7, 11) is 1.90. The molecule has 0 aliphatic carbocycles. The van der Waals surface area contributed by atoms with Crippen molar-refractivity contribution in [2.24, 2.45) is 7.05 Å². The third kappa shape index (κ3) is 2.62. The Balaban J connectivity index is 1.61. The van der Waals surface area contributed by atoms with Gasteiger partial charge >= 0.3 is 0 Å². The lowest BCUT2D eigenvalue weighted by Crippen LogP contribution is -2.09. The standard InChI is InChI=1S/C25H24N4O/c1-13-6-17-19(10-26-21(17)8-15(13)3)23-12-28-25(29(23)5)24(30)20-11-27-22-9-16(4)14(2)7-18(20)22/h6-12,26-27H,1-5H3. The van der Waals surface area contributed by atoms with Crippen LogP contribution in [0.25, 0.3) is 33.1 Å². The second-order valence-electron chi connectivity index (χ2n) is 8.22. The highest BCUT2D eigenvalue weighted by Crippen LogP contribution is 2.31. The number of rotatable bonds is 3. The molecular weight excluding hydrogens is 372 g/mol. The van der Waals surface area contributed by atoms with Crippen molar-refractivity contribution < 1.29 is 4.79 Å². The topological polar surface area (TPSA) is 66.5 Å². The second kappa shape index (κ2) is 6.46. The molecule has 0 fully saturated rings. The van der Waals surface area contributed by atoms with Crippen LogP contribution in [0.2, 0.25) is 0 Å². The van der Waals surface area contributed by atoms with Crippen molar-refractivity contribution in [2.45, 2.75) is 27.7 Å². The smallest absolute Gasteiger partial charge is 0.230 e. The number of aromatic nitrogens is 4. The highest BCUT2D eigenvalue weighted by molar-refractivity contribution is 6.15. The number of benzene rings is 2. The third-order valence-corrected chi connectivity index (χ3v) is 6.30. The van der Waals surface area contributed by atoms with E-state index in [1.54, 1.807) is 12.4 Å². The number of nitrogens with zero attached hydrogens (tertiary/aromatic N) is 2. The van der Waals surface area contributed by atoms with Gasteiger partial charge in [-0.2, -0.15) is 0 Å². The highest BCUT2D eigenvalue weighted by Gasteiger charge is 2.22. The lowest BCUT2D eigenvalue weighted by Gasteiger charge is -2.06. The molecule has 5 rings (SSSR count). The molecule has 3 heterocycles. The van der Waals surface area contributed by atoms with Crippen LogP contribution in [-0.2, 0) is 7.05 Å². The van der Waals surface area contributed by atoms with E-state index in [-0.39, 0.29) is 5.78 Å². The van der Waals surface area contributed by atoms with Crippen molar-refractivity contribution in [2.75, 3.05) is 0 Å². The number of carbonyl (C=O) groups is 1. The summed E-state index contributed by atoms with van der Waals surface area (Å²) in [6, 6.07) is 8.51. The van der Waals surface area contributed by atoms with E-state index in [0.29, 0.717) is 11.4 Å². The van der Waals surface area contributed by atoms with Crippen LogP contribution in [0.5, 0.6) is 0 Å². The summed E-state index contributed by atoms with van der Waals surface area (Å²) in [5.74, 6) is 0.354. The molecule has 5 heteroatoms. The summed E-state index contributed by atoms with van der Waals surface area (Å²) in [6.45, 7) is 8.37. The first kappa shape index (κ1) is 18.4. The van der Waals surface area contributed by atoms with Crippen LogP contribution < -0.4 is 0 Å². The first-order chi connectivity index (χ1) is 14.3. The van der Waals surface area contributed by atoms with Gasteiger partial charge in [0.1, 0.15) is 0 Å². The fourth-order valence-electron chi connectivity index (χ4n) is 4.16. The maximum absolute atomic E-state index is 13.4. The van der Waals surface area contributed by atoms with Gasteiger partial charge in [0.25, 0.3) is 0 Å². The summed E-state index contributed by atoms with van der Waals surface area (Å²) in [5.41, 5.74) is 9.54. The summed E-state index contributed by atoms with van der Waals surface area (Å²) in [5, 5.41) is 2.07. The quantitative estimate of drug-likeness (QED) is 0.395. The minimum atomic E-state index is -0.0786. The van der Waals surface area contributed by atoms with Crippen LogP contribution in [-0.4, -0.2) is 25.3 Å². The predicted molar refractivity (Wildman–Crippen MR) is 121 cm³/mol. The number of H-pyrrole nitrogens is 2. The molecule has 5 aromatic rings. The molecule has 0 aliphatic heterocycles. The van der Waals surface area contributed by atoms with Crippen molar-refractivity contribution in [3.8, 4) is 11.3 Å². The molecule has 0 saturated carbocycles. The number of hydrogen-bond donors (Lipinski definition) is 2. The average Bonchev–Trinajstić information content (AvgIpc) is 3.39. The molecule has 2 N–H and O–H groups in total. The molecule has 0 atom stereocenters. The van der Waals surface area contributed by atoms with E-state index < -0.39 is 0 Å². The van der Waals surface area contributed by atoms with E-state index in [0.717, 1.165) is 33.1 Å². The summed E-state index contributed by atoms with van der Waals surface area (Å²) >= 11 is 0. The Morgan fingerprint density at radius 2 is 1.40 bits per heavy atom. The van der Waals surface area contributed by atoms with Crippen LogP contribution in [0.15, 0.2) is 42.9 Å². The summed E-state index contributed by atoms with van der Waals surface area (Å²) < 4.78 is 1.89. The van der Waals surface area contributed by atoms with Crippen molar-refractivity contribution in [1.82, 2.24) is 19.5 Å². The monoisotopic (exact) mass is 396 g/mol. The van der Waals surface area contributed by atoms with Gasteiger partial charge in [-0.15, -0.1) is 0 Å². The Labute approximate surface area is 174 Å². The van der Waals surface area contributed by atoms with Crippen LogP contribution in [0.1, 0.15) is 38.4 Å². The third-order valence-electron chi connectivity index (χ3n) is 6.30. The van der Waals surface area contributed by atoms with Crippen molar-refractivity contribution in [3.63, 3.8) is 0 Å². The Bertz CT molecular complexity index is 1460. The zero-order chi connectivity index (χ0) is 21.2. The Kier molecular flexibility index (Phi) is 3.97. The molecule has 3 aromatic heterocycles. The van der Waals surface area contributed by atoms with Gasteiger partial charge in [-0.3, -0.25) is 4.79 Å². The molecule has 0 spiro atoms. The van der Waals surface area contributed by atoms with E-state index in [1.165, 1.54) is 22.3 Å². The molecule has 0 radical (unpaired) electrons. The van der Waals surface area contributed by atoms with Crippen LogP contribution in [0, 0.1) is 27.7 Å². The molecule has 0 bridgehead atoms. The molecule has 0 saturated heterocycles. The predicted octanol–water partition coefficient (Wildman–Crippen LogP) is 5.51. The van der Waals surface area contributed by atoms with E-state index in [1.807, 2.05) is 17.8 Å². The number of ketones is 1. The van der Waals surface area contributed by atoms with Crippen LogP contribution in [0.3, 0.4) is 0 Å². The Morgan fingerprint density at radius 3 is 2.10 bits per heavy atom. The summed E-state index contributed by atoms with van der Waals surface area (Å²) in [6.07, 6.45) is 5.57. The van der Waals surface area contributed by atoms with Gasteiger partial charge in [0.15, 0.2) is 5.82 Å². The molecule has 5 nitrogen and oxygen atoms in total. The first-order valence-corrected chi connectivity index (χ1v) is 10.1. The number of imidazole rings is 1. The Morgan fingerprint density at radius 1 is 0.833 bits per heavy atom. The molecular formula is C25H24N4O. The minimum absolute atomic E-state index is 0.0786. The van der Waals surface area contributed by atoms with Gasteiger partial charge < -0.3 is 14.5 Å². The van der Waals surface area contributed by atoms with E-state index in [2.05, 4.69) is 66.9 Å². The number of hydrogen-bond acceptors (Lipinski definition) is 2. The molecule has 30 heavy (non-hydrogen) atoms. The minimum Gasteiger partial charge on any atom is -0.360 e. The van der Waals surface area contributed by atoms with E-state index in [9.17, 15) is 4.79 Å². The van der Waals surface area contributed by atoms with Gasteiger partial charge in [-0.1, -0.05) is 0 Å². The lowest BCUT2D eigenvalue weighted by atomic mass is 10.0. The van der Waals surface area contributed by atoms with Gasteiger partial charge in [0.05, 0.1) is 17.5 Å². The van der Waals surface area contributed by atoms with E-state index in [4.69, 9.17) is 0 Å². The molecule has 0 aliphatic rings. The zero-order valence-electron chi connectivity index (χ0n) is 17.8. The molecule has 0 amide bonds. The largest absolute Gasteiger partial charge is 0.360 e. The Hall–Kier alpha value is -3.60. The van der Waals surface area contributed by atoms with Crippen molar-refractivity contribution in [3.05, 3.63) is 76.5 Å². The number of nitrogens with one attached hydrogen (secondary N) is 2. The highest BCUT2D eigenvalue weighted by atomic mass is 16.1.